The van der Waals surface area contributed by atoms with Crippen LogP contribution in [-0.4, -0.2) is 42.1 Å². The number of aliphatic hydroxyl groups excluding tert-OH is 1. The second-order valence-electron chi connectivity index (χ2n) is 9.74. The van der Waals surface area contributed by atoms with Crippen molar-refractivity contribution in [2.45, 2.75) is 39.2 Å². The van der Waals surface area contributed by atoms with Crippen LogP contribution in [0.4, 0.5) is 5.69 Å². The lowest BCUT2D eigenvalue weighted by Crippen LogP contribution is -2.29. The molecule has 1 aliphatic rings. The highest BCUT2D eigenvalue weighted by molar-refractivity contribution is 6.51. The molecule has 4 rings (SSSR count). The molecule has 39 heavy (non-hydrogen) atoms. The Labute approximate surface area is 227 Å². The van der Waals surface area contributed by atoms with E-state index in [0.29, 0.717) is 33.7 Å². The smallest absolute Gasteiger partial charge is 0.309 e. The predicted molar refractivity (Wildman–Crippen MR) is 147 cm³/mol. The highest BCUT2D eigenvalue weighted by Crippen LogP contribution is 2.43. The summed E-state index contributed by atoms with van der Waals surface area (Å²) in [7, 11) is 2.88. The zero-order chi connectivity index (χ0) is 28.4. The van der Waals surface area contributed by atoms with Gasteiger partial charge in [0.1, 0.15) is 17.3 Å². The Morgan fingerprint density at radius 1 is 1.00 bits per heavy atom. The van der Waals surface area contributed by atoms with Crippen LogP contribution in [0.1, 0.15) is 53.6 Å². The summed E-state index contributed by atoms with van der Waals surface area (Å²) < 4.78 is 10.2. The summed E-state index contributed by atoms with van der Waals surface area (Å²) in [5.74, 6) is -1.56. The van der Waals surface area contributed by atoms with Crippen LogP contribution >= 0.6 is 0 Å². The van der Waals surface area contributed by atoms with Crippen LogP contribution in [0.2, 0.25) is 0 Å². The maximum Gasteiger partial charge on any atom is 0.309 e. The molecule has 8 heteroatoms. The van der Waals surface area contributed by atoms with Gasteiger partial charge in [0.05, 0.1) is 32.3 Å². The summed E-state index contributed by atoms with van der Waals surface area (Å²) in [5.41, 5.74) is 3.51. The van der Waals surface area contributed by atoms with E-state index in [1.807, 2.05) is 13.8 Å². The average molecular weight is 530 g/mol. The van der Waals surface area contributed by atoms with Gasteiger partial charge in [-0.1, -0.05) is 38.1 Å². The van der Waals surface area contributed by atoms with Gasteiger partial charge in [-0.3, -0.25) is 19.3 Å². The summed E-state index contributed by atoms with van der Waals surface area (Å²) in [5, 5.41) is 21.5. The van der Waals surface area contributed by atoms with E-state index in [1.165, 1.54) is 24.1 Å². The van der Waals surface area contributed by atoms with Crippen molar-refractivity contribution in [3.05, 3.63) is 94.1 Å². The van der Waals surface area contributed by atoms with Crippen LogP contribution in [0.15, 0.2) is 66.2 Å². The van der Waals surface area contributed by atoms with E-state index >= 15 is 0 Å². The Bertz CT molecular complexity index is 1450. The van der Waals surface area contributed by atoms with Gasteiger partial charge in [0.2, 0.25) is 0 Å². The molecule has 3 aromatic rings. The Balaban J connectivity index is 1.90. The zero-order valence-corrected chi connectivity index (χ0v) is 22.5. The first-order valence-corrected chi connectivity index (χ1v) is 12.5. The third kappa shape index (κ3) is 5.23. The molecule has 2 N–H and O–H groups in total. The fraction of sp³-hybridized carbons (Fsp3) is 0.258. The van der Waals surface area contributed by atoms with Gasteiger partial charge in [-0.25, -0.2) is 0 Å². The van der Waals surface area contributed by atoms with Gasteiger partial charge < -0.3 is 19.7 Å². The van der Waals surface area contributed by atoms with Crippen molar-refractivity contribution in [1.82, 2.24) is 0 Å². The lowest BCUT2D eigenvalue weighted by atomic mass is 9.91. The first kappa shape index (κ1) is 27.4. The summed E-state index contributed by atoms with van der Waals surface area (Å²) in [6.45, 7) is 5.79. The first-order chi connectivity index (χ1) is 18.6. The number of benzene rings is 3. The molecule has 1 amide bonds. The van der Waals surface area contributed by atoms with Crippen molar-refractivity contribution in [2.24, 2.45) is 0 Å². The number of phenols is 1. The van der Waals surface area contributed by atoms with Gasteiger partial charge in [0.25, 0.3) is 11.7 Å². The maximum atomic E-state index is 13.5. The van der Waals surface area contributed by atoms with Gasteiger partial charge in [-0.15, -0.1) is 0 Å². The predicted octanol–water partition coefficient (Wildman–Crippen LogP) is 5.17. The van der Waals surface area contributed by atoms with Crippen LogP contribution in [0, 0.1) is 6.92 Å². The van der Waals surface area contributed by atoms with E-state index in [0.717, 1.165) is 5.56 Å². The summed E-state index contributed by atoms with van der Waals surface area (Å²) >= 11 is 0. The Kier molecular flexibility index (Phi) is 7.76. The fourth-order valence-corrected chi connectivity index (χ4v) is 4.81. The third-order valence-electron chi connectivity index (χ3n) is 6.90. The monoisotopic (exact) mass is 529 g/mol. The van der Waals surface area contributed by atoms with E-state index in [2.05, 4.69) is 0 Å². The number of nitrogens with zero attached hydrogens (tertiary/aromatic N) is 1. The number of Topliss-reactive ketones (excluding diaryl/α,β-unsaturated/α-hetero) is 1. The number of anilines is 1. The lowest BCUT2D eigenvalue weighted by molar-refractivity contribution is -0.139. The third-order valence-corrected chi connectivity index (χ3v) is 6.90. The van der Waals surface area contributed by atoms with Crippen molar-refractivity contribution in [2.75, 3.05) is 19.1 Å². The van der Waals surface area contributed by atoms with Crippen molar-refractivity contribution in [3.63, 3.8) is 0 Å². The van der Waals surface area contributed by atoms with Crippen molar-refractivity contribution in [1.29, 1.82) is 0 Å². The number of aromatic hydroxyl groups is 1. The number of esters is 1. The van der Waals surface area contributed by atoms with E-state index in [4.69, 9.17) is 9.47 Å². The Morgan fingerprint density at radius 2 is 1.64 bits per heavy atom. The van der Waals surface area contributed by atoms with Crippen molar-refractivity contribution >= 4 is 29.1 Å². The summed E-state index contributed by atoms with van der Waals surface area (Å²) in [6.07, 6.45) is 0.0614. The first-order valence-electron chi connectivity index (χ1n) is 12.5. The molecule has 3 aromatic carbocycles. The quantitative estimate of drug-likeness (QED) is 0.188. The number of ether oxygens (including phenoxy) is 2. The van der Waals surface area contributed by atoms with Crippen LogP contribution in [0.25, 0.3) is 5.76 Å². The molecule has 1 atom stereocenters. The van der Waals surface area contributed by atoms with Gasteiger partial charge in [-0.2, -0.15) is 0 Å². The normalized spacial score (nSPS) is 16.6. The molecule has 202 valence electrons. The molecule has 0 aromatic heterocycles. The number of methoxy groups -OCH3 is 2. The molecule has 1 unspecified atom stereocenters. The summed E-state index contributed by atoms with van der Waals surface area (Å²) in [6, 6.07) is 15.4. The van der Waals surface area contributed by atoms with E-state index in [9.17, 15) is 24.6 Å². The summed E-state index contributed by atoms with van der Waals surface area (Å²) in [4.78, 5) is 40.0. The molecule has 1 aliphatic heterocycles. The molecule has 0 saturated carbocycles. The standard InChI is InChI=1S/C31H31NO7/c1-17(2)23-16-24(18(3)14-25(23)38-4)29(35)27-28(20-8-12-22(33)13-9-20)32(31(37)30(27)36)21-10-6-19(7-11-21)15-26(34)39-5/h6-14,16-17,28,33,35H,15H2,1-5H3/b29-27+. The topological polar surface area (TPSA) is 113 Å². The number of carbonyl (C=O) groups excluding carboxylic acids is 3. The maximum absolute atomic E-state index is 13.5. The molecule has 0 aliphatic carbocycles. The highest BCUT2D eigenvalue weighted by atomic mass is 16.5. The SMILES string of the molecule is COC(=O)Cc1ccc(N2C(=O)C(=O)/C(=C(/O)c3cc(C(C)C)c(OC)cc3C)C2c2ccc(O)cc2)cc1. The number of ketones is 1. The number of hydrogen-bond donors (Lipinski definition) is 2. The number of rotatable bonds is 7. The molecular formula is C31H31NO7. The van der Waals surface area contributed by atoms with Crippen molar-refractivity contribution < 1.29 is 34.1 Å². The van der Waals surface area contributed by atoms with Gasteiger partial charge in [0, 0.05) is 11.3 Å². The minimum atomic E-state index is -0.957. The molecule has 1 fully saturated rings. The fourth-order valence-electron chi connectivity index (χ4n) is 4.81. The number of amides is 1. The van der Waals surface area contributed by atoms with Gasteiger partial charge in [-0.05, 0) is 71.5 Å². The molecule has 0 bridgehead atoms. The van der Waals surface area contributed by atoms with Gasteiger partial charge >= 0.3 is 5.97 Å². The molecule has 8 nitrogen and oxygen atoms in total. The zero-order valence-electron chi connectivity index (χ0n) is 22.5. The number of phenolic OH excluding ortho intramolecular Hbond substituents is 1. The van der Waals surface area contributed by atoms with Gasteiger partial charge in [0.15, 0.2) is 0 Å². The molecule has 1 saturated heterocycles. The van der Waals surface area contributed by atoms with E-state index < -0.39 is 23.7 Å². The number of aliphatic hydroxyl groups is 1. The van der Waals surface area contributed by atoms with E-state index in [-0.39, 0.29) is 29.4 Å². The van der Waals surface area contributed by atoms with E-state index in [1.54, 1.807) is 62.6 Å². The van der Waals surface area contributed by atoms with Crippen LogP contribution < -0.4 is 9.64 Å². The second-order valence-corrected chi connectivity index (χ2v) is 9.74. The number of carbonyl (C=O) groups is 3. The largest absolute Gasteiger partial charge is 0.508 e. The molecule has 0 radical (unpaired) electrons. The van der Waals surface area contributed by atoms with Crippen molar-refractivity contribution in [3.8, 4) is 11.5 Å². The minimum absolute atomic E-state index is 0.0236. The Hall–Kier alpha value is -4.59. The minimum Gasteiger partial charge on any atom is -0.508 e. The lowest BCUT2D eigenvalue weighted by Gasteiger charge is -2.26. The number of hydrogen-bond acceptors (Lipinski definition) is 7. The van der Waals surface area contributed by atoms with Crippen LogP contribution in [0.3, 0.4) is 0 Å². The van der Waals surface area contributed by atoms with Crippen LogP contribution in [0.5, 0.6) is 11.5 Å². The van der Waals surface area contributed by atoms with Crippen LogP contribution in [-0.2, 0) is 25.5 Å². The molecule has 1 heterocycles. The molecular weight excluding hydrogens is 498 g/mol. The average Bonchev–Trinajstić information content (AvgIpc) is 3.18. The highest BCUT2D eigenvalue weighted by Gasteiger charge is 2.47. The second kappa shape index (κ2) is 11.0. The number of aryl methyl sites for hydroxylation is 1. The molecule has 0 spiro atoms. The Morgan fingerprint density at radius 3 is 2.21 bits per heavy atom.